The third-order valence-corrected chi connectivity index (χ3v) is 0.622. The van der Waals surface area contributed by atoms with Crippen LogP contribution in [0.1, 0.15) is 6.42 Å². The summed E-state index contributed by atoms with van der Waals surface area (Å²) in [6.45, 7) is 0.215. The van der Waals surface area contributed by atoms with E-state index in [1.807, 2.05) is 0 Å². The molecule has 0 aliphatic rings. The summed E-state index contributed by atoms with van der Waals surface area (Å²) >= 11 is 0. The molecule has 0 aliphatic carbocycles. The molecule has 39 valence electrons. The predicted molar refractivity (Wildman–Crippen MR) is 24.0 cm³/mol. The molecule has 3 nitrogen and oxygen atoms in total. The van der Waals surface area contributed by atoms with Crippen LogP contribution in [-0.4, -0.2) is 28.2 Å². The van der Waals surface area contributed by atoms with Crippen LogP contribution in [0.3, 0.4) is 0 Å². The van der Waals surface area contributed by atoms with Gasteiger partial charge < -0.3 is 9.53 Å². The Bertz CT molecular complexity index is 63.2. The standard InChI is InChI=1S/C3H5O3Si/c4-3(5)1-2-6-7/h1-2H2,(H,4,5). The third-order valence-electron chi connectivity index (χ3n) is 0.418. The van der Waals surface area contributed by atoms with Gasteiger partial charge in [0.15, 0.2) is 0 Å². The lowest BCUT2D eigenvalue weighted by Crippen LogP contribution is -1.99. The summed E-state index contributed by atoms with van der Waals surface area (Å²) in [4.78, 5) is 9.66. The van der Waals surface area contributed by atoms with E-state index in [-0.39, 0.29) is 13.0 Å². The molecular formula is C3H5O3Si. The average Bonchev–Trinajstić information content (AvgIpc) is 1.61. The lowest BCUT2D eigenvalue weighted by molar-refractivity contribution is -0.137. The summed E-state index contributed by atoms with van der Waals surface area (Å²) in [6, 6.07) is 0. The van der Waals surface area contributed by atoms with Gasteiger partial charge in [-0.3, -0.25) is 4.79 Å². The number of aliphatic carboxylic acids is 1. The summed E-state index contributed by atoms with van der Waals surface area (Å²) in [6.07, 6.45) is 0.0451. The third kappa shape index (κ3) is 5.65. The van der Waals surface area contributed by atoms with Gasteiger partial charge in [-0.1, -0.05) is 0 Å². The van der Waals surface area contributed by atoms with Gasteiger partial charge in [0.1, 0.15) is 0 Å². The highest BCUT2D eigenvalue weighted by Gasteiger charge is 1.91. The summed E-state index contributed by atoms with van der Waals surface area (Å²) < 4.78 is 4.28. The zero-order chi connectivity index (χ0) is 5.70. The van der Waals surface area contributed by atoms with Crippen molar-refractivity contribution in [2.24, 2.45) is 0 Å². The first kappa shape index (κ1) is 6.65. The minimum absolute atomic E-state index is 0.0451. The number of carboxylic acids is 1. The molecule has 3 radical (unpaired) electrons. The van der Waals surface area contributed by atoms with Gasteiger partial charge in [-0.15, -0.1) is 0 Å². The minimum atomic E-state index is -0.849. The quantitative estimate of drug-likeness (QED) is 0.510. The van der Waals surface area contributed by atoms with Gasteiger partial charge in [0.2, 0.25) is 10.5 Å². The molecule has 0 aromatic heterocycles. The van der Waals surface area contributed by atoms with E-state index in [0.29, 0.717) is 0 Å². The Morgan fingerprint density at radius 2 is 2.43 bits per heavy atom. The molecule has 0 saturated carbocycles. The van der Waals surface area contributed by atoms with E-state index in [1.165, 1.54) is 0 Å². The maximum atomic E-state index is 9.66. The SMILES string of the molecule is O=C(O)CCO[Si]. The van der Waals surface area contributed by atoms with Gasteiger partial charge in [0.25, 0.3) is 0 Å². The zero-order valence-corrected chi connectivity index (χ0v) is 4.68. The van der Waals surface area contributed by atoms with E-state index in [9.17, 15) is 4.79 Å². The smallest absolute Gasteiger partial charge is 0.305 e. The molecule has 7 heavy (non-hydrogen) atoms. The first-order valence-electron chi connectivity index (χ1n) is 1.77. The van der Waals surface area contributed by atoms with E-state index in [2.05, 4.69) is 14.9 Å². The fourth-order valence-electron chi connectivity index (χ4n) is 0.138. The molecule has 0 unspecified atom stereocenters. The topological polar surface area (TPSA) is 46.5 Å². The van der Waals surface area contributed by atoms with Crippen LogP contribution < -0.4 is 0 Å². The van der Waals surface area contributed by atoms with Crippen molar-refractivity contribution in [2.45, 2.75) is 6.42 Å². The van der Waals surface area contributed by atoms with Gasteiger partial charge in [-0.05, 0) is 0 Å². The molecule has 0 rings (SSSR count). The van der Waals surface area contributed by atoms with Crippen molar-refractivity contribution in [1.82, 2.24) is 0 Å². The van der Waals surface area contributed by atoms with Gasteiger partial charge in [-0.2, -0.15) is 0 Å². The van der Waals surface area contributed by atoms with Crippen LogP contribution in [0.15, 0.2) is 0 Å². The molecule has 0 aromatic carbocycles. The second kappa shape index (κ2) is 3.82. The second-order valence-corrected chi connectivity index (χ2v) is 1.28. The first-order chi connectivity index (χ1) is 3.27. The molecule has 0 aromatic rings. The molecule has 0 heterocycles. The lowest BCUT2D eigenvalue weighted by atomic mass is 10.5. The van der Waals surface area contributed by atoms with Crippen molar-refractivity contribution in [2.75, 3.05) is 6.61 Å². The number of carbonyl (C=O) groups is 1. The molecule has 0 bridgehead atoms. The Kier molecular flexibility index (Phi) is 3.63. The number of hydrogen-bond donors (Lipinski definition) is 1. The molecule has 0 fully saturated rings. The Morgan fingerprint density at radius 3 is 2.57 bits per heavy atom. The molecular weight excluding hydrogens is 112 g/mol. The highest BCUT2D eigenvalue weighted by atomic mass is 28.2. The fraction of sp³-hybridized carbons (Fsp3) is 0.667. The molecule has 0 atom stereocenters. The summed E-state index contributed by atoms with van der Waals surface area (Å²) in [7, 11) is 2.66. The van der Waals surface area contributed by atoms with Crippen molar-refractivity contribution < 1.29 is 14.3 Å². The first-order valence-corrected chi connectivity index (χ1v) is 2.18. The predicted octanol–water partition coefficient (Wildman–Crippen LogP) is -0.439. The monoisotopic (exact) mass is 117 g/mol. The molecule has 4 heteroatoms. The van der Waals surface area contributed by atoms with Crippen LogP contribution in [0.25, 0.3) is 0 Å². The molecule has 0 saturated heterocycles. The number of carboxylic acid groups (broad SMARTS) is 1. The van der Waals surface area contributed by atoms with E-state index >= 15 is 0 Å². The Labute approximate surface area is 44.8 Å². The largest absolute Gasteiger partial charge is 0.481 e. The normalized spacial score (nSPS) is 8.71. The van der Waals surface area contributed by atoms with Crippen LogP contribution in [-0.2, 0) is 9.22 Å². The Balaban J connectivity index is 2.82. The van der Waals surface area contributed by atoms with Crippen molar-refractivity contribution >= 4 is 16.5 Å². The summed E-state index contributed by atoms with van der Waals surface area (Å²) in [5.41, 5.74) is 0. The van der Waals surface area contributed by atoms with E-state index in [4.69, 9.17) is 5.11 Å². The Morgan fingerprint density at radius 1 is 1.86 bits per heavy atom. The van der Waals surface area contributed by atoms with E-state index in [0.717, 1.165) is 0 Å². The summed E-state index contributed by atoms with van der Waals surface area (Å²) in [5.74, 6) is -0.849. The van der Waals surface area contributed by atoms with Gasteiger partial charge >= 0.3 is 5.97 Å². The lowest BCUT2D eigenvalue weighted by Gasteiger charge is -1.88. The van der Waals surface area contributed by atoms with E-state index < -0.39 is 5.97 Å². The van der Waals surface area contributed by atoms with Crippen molar-refractivity contribution in [3.63, 3.8) is 0 Å². The molecule has 0 aliphatic heterocycles. The molecule has 0 amide bonds. The maximum Gasteiger partial charge on any atom is 0.305 e. The van der Waals surface area contributed by atoms with Crippen LogP contribution in [0.4, 0.5) is 0 Å². The van der Waals surface area contributed by atoms with Crippen LogP contribution >= 0.6 is 0 Å². The van der Waals surface area contributed by atoms with Crippen LogP contribution in [0, 0.1) is 0 Å². The van der Waals surface area contributed by atoms with Gasteiger partial charge in [0, 0.05) is 6.61 Å². The highest BCUT2D eigenvalue weighted by Crippen LogP contribution is 1.75. The average molecular weight is 117 g/mol. The van der Waals surface area contributed by atoms with Gasteiger partial charge in [-0.25, -0.2) is 0 Å². The molecule has 1 N–H and O–H groups in total. The highest BCUT2D eigenvalue weighted by molar-refractivity contribution is 5.98. The number of rotatable bonds is 3. The zero-order valence-electron chi connectivity index (χ0n) is 3.68. The van der Waals surface area contributed by atoms with Crippen molar-refractivity contribution in [3.05, 3.63) is 0 Å². The number of hydrogen-bond acceptors (Lipinski definition) is 2. The van der Waals surface area contributed by atoms with Crippen molar-refractivity contribution in [1.29, 1.82) is 0 Å². The van der Waals surface area contributed by atoms with Crippen LogP contribution in [0.2, 0.25) is 0 Å². The van der Waals surface area contributed by atoms with Gasteiger partial charge in [0.05, 0.1) is 6.42 Å². The maximum absolute atomic E-state index is 9.66. The van der Waals surface area contributed by atoms with Crippen molar-refractivity contribution in [3.8, 4) is 0 Å². The molecule has 0 spiro atoms. The Hall–Kier alpha value is -0.353. The van der Waals surface area contributed by atoms with Crippen LogP contribution in [0.5, 0.6) is 0 Å². The second-order valence-electron chi connectivity index (χ2n) is 0.992. The minimum Gasteiger partial charge on any atom is -0.481 e. The van der Waals surface area contributed by atoms with E-state index in [1.54, 1.807) is 0 Å². The fourth-order valence-corrected chi connectivity index (χ4v) is 0.240. The summed E-state index contributed by atoms with van der Waals surface area (Å²) in [5, 5.41) is 7.94.